The summed E-state index contributed by atoms with van der Waals surface area (Å²) in [4.78, 5) is 29.6. The monoisotopic (exact) mass is 327 g/mol. The highest BCUT2D eigenvalue weighted by Crippen LogP contribution is 2.21. The van der Waals surface area contributed by atoms with Crippen molar-refractivity contribution >= 4 is 11.9 Å². The first-order valence-electron chi connectivity index (χ1n) is 8.06. The normalized spacial score (nSPS) is 17.0. The lowest BCUT2D eigenvalue weighted by Gasteiger charge is -2.17. The van der Waals surface area contributed by atoms with Gasteiger partial charge in [-0.3, -0.25) is 4.79 Å². The minimum absolute atomic E-state index is 0.136. The van der Waals surface area contributed by atoms with Crippen molar-refractivity contribution in [2.24, 2.45) is 5.92 Å². The van der Waals surface area contributed by atoms with Crippen molar-refractivity contribution in [2.45, 2.75) is 19.4 Å². The van der Waals surface area contributed by atoms with Crippen molar-refractivity contribution < 1.29 is 14.3 Å². The second-order valence-corrected chi connectivity index (χ2v) is 6.12. The van der Waals surface area contributed by atoms with Gasteiger partial charge in [0.25, 0.3) is 0 Å². The molecule has 2 heterocycles. The van der Waals surface area contributed by atoms with E-state index in [-0.39, 0.29) is 11.9 Å². The predicted octanol–water partition coefficient (Wildman–Crippen LogP) is 1.76. The van der Waals surface area contributed by atoms with E-state index in [9.17, 15) is 9.59 Å². The number of methoxy groups -OCH3 is 1. The van der Waals surface area contributed by atoms with Gasteiger partial charge in [0.05, 0.1) is 19.0 Å². The fraction of sp³-hybridized carbons (Fsp3) is 0.389. The molecule has 6 nitrogen and oxygen atoms in total. The van der Waals surface area contributed by atoms with Crippen LogP contribution in [0.5, 0.6) is 0 Å². The Kier molecular flexibility index (Phi) is 4.93. The van der Waals surface area contributed by atoms with Gasteiger partial charge in [-0.15, -0.1) is 0 Å². The molecule has 1 amide bonds. The van der Waals surface area contributed by atoms with Crippen molar-refractivity contribution in [3.63, 3.8) is 0 Å². The van der Waals surface area contributed by atoms with E-state index in [0.29, 0.717) is 18.0 Å². The van der Waals surface area contributed by atoms with Crippen molar-refractivity contribution in [2.75, 3.05) is 20.2 Å². The summed E-state index contributed by atoms with van der Waals surface area (Å²) < 4.78 is 6.50. The van der Waals surface area contributed by atoms with Gasteiger partial charge >= 0.3 is 5.97 Å². The van der Waals surface area contributed by atoms with Crippen LogP contribution >= 0.6 is 0 Å². The number of nitrogens with zero attached hydrogens (tertiary/aromatic N) is 3. The summed E-state index contributed by atoms with van der Waals surface area (Å²) in [5.74, 6) is 0.274. The molecule has 0 bridgehead atoms. The number of amides is 1. The quantitative estimate of drug-likeness (QED) is 0.785. The third kappa shape index (κ3) is 3.82. The second kappa shape index (κ2) is 7.29. The van der Waals surface area contributed by atoms with Gasteiger partial charge in [0.2, 0.25) is 5.91 Å². The Labute approximate surface area is 141 Å². The molecule has 1 saturated heterocycles. The summed E-state index contributed by atoms with van der Waals surface area (Å²) in [6.07, 6.45) is 7.06. The molecule has 6 heteroatoms. The van der Waals surface area contributed by atoms with Gasteiger partial charge in [-0.05, 0) is 36.5 Å². The molecule has 0 spiro atoms. The molecule has 0 aliphatic carbocycles. The van der Waals surface area contributed by atoms with Crippen molar-refractivity contribution in [1.82, 2.24) is 14.5 Å². The van der Waals surface area contributed by atoms with E-state index in [0.717, 1.165) is 25.9 Å². The van der Waals surface area contributed by atoms with E-state index in [4.69, 9.17) is 4.74 Å². The number of benzene rings is 1. The van der Waals surface area contributed by atoms with Crippen molar-refractivity contribution in [3.8, 4) is 0 Å². The molecule has 1 fully saturated rings. The lowest BCUT2D eigenvalue weighted by atomic mass is 9.98. The first-order valence-corrected chi connectivity index (χ1v) is 8.06. The van der Waals surface area contributed by atoms with E-state index in [1.54, 1.807) is 35.4 Å². The number of carbonyl (C=O) groups is 2. The molecule has 1 unspecified atom stereocenters. The van der Waals surface area contributed by atoms with Crippen LogP contribution in [-0.4, -0.2) is 46.5 Å². The summed E-state index contributed by atoms with van der Waals surface area (Å²) in [5, 5.41) is 0. The molecule has 3 rings (SSSR count). The number of imidazole rings is 1. The molecule has 1 aliphatic rings. The molecule has 0 radical (unpaired) electrons. The molecule has 0 saturated carbocycles. The molecule has 1 aromatic carbocycles. The van der Waals surface area contributed by atoms with Gasteiger partial charge in [-0.1, -0.05) is 12.1 Å². The third-order valence-electron chi connectivity index (χ3n) is 4.41. The third-order valence-corrected chi connectivity index (χ3v) is 4.41. The largest absolute Gasteiger partial charge is 0.465 e. The molecular weight excluding hydrogens is 306 g/mol. The van der Waals surface area contributed by atoms with Gasteiger partial charge in [0, 0.05) is 25.5 Å². The summed E-state index contributed by atoms with van der Waals surface area (Å²) in [6.45, 7) is 1.94. The van der Waals surface area contributed by atoms with Crippen LogP contribution in [0.2, 0.25) is 0 Å². The standard InChI is InChI=1S/C18H21N3O3/c1-24-18(23)16-4-2-14(3-5-16)10-15-6-8-21(11-15)17(22)12-20-9-7-19-13-20/h2-5,7,9,13,15H,6,8,10-12H2,1H3. The first-order chi connectivity index (χ1) is 11.7. The number of esters is 1. The number of hydrogen-bond donors (Lipinski definition) is 0. The Hall–Kier alpha value is -2.63. The van der Waals surface area contributed by atoms with Crippen molar-refractivity contribution in [3.05, 3.63) is 54.1 Å². The maximum absolute atomic E-state index is 12.3. The average Bonchev–Trinajstić information content (AvgIpc) is 3.27. The van der Waals surface area contributed by atoms with E-state index in [1.165, 1.54) is 12.7 Å². The van der Waals surface area contributed by atoms with E-state index in [2.05, 4.69) is 4.98 Å². The number of likely N-dealkylation sites (tertiary alicyclic amines) is 1. The minimum atomic E-state index is -0.321. The van der Waals surface area contributed by atoms with Crippen LogP contribution in [0.3, 0.4) is 0 Å². The Morgan fingerprint density at radius 1 is 1.29 bits per heavy atom. The highest BCUT2D eigenvalue weighted by atomic mass is 16.5. The van der Waals surface area contributed by atoms with Crippen LogP contribution in [0.4, 0.5) is 0 Å². The molecule has 1 aromatic heterocycles. The van der Waals surface area contributed by atoms with Crippen LogP contribution in [0.25, 0.3) is 0 Å². The van der Waals surface area contributed by atoms with Crippen molar-refractivity contribution in [1.29, 1.82) is 0 Å². The van der Waals surface area contributed by atoms with Crippen LogP contribution in [-0.2, 0) is 22.5 Å². The van der Waals surface area contributed by atoms with E-state index in [1.807, 2.05) is 17.0 Å². The van der Waals surface area contributed by atoms with Crippen LogP contribution in [0, 0.1) is 5.92 Å². The minimum Gasteiger partial charge on any atom is -0.465 e. The second-order valence-electron chi connectivity index (χ2n) is 6.12. The number of hydrogen-bond acceptors (Lipinski definition) is 4. The van der Waals surface area contributed by atoms with Gasteiger partial charge in [-0.25, -0.2) is 9.78 Å². The predicted molar refractivity (Wildman–Crippen MR) is 88.4 cm³/mol. The number of carbonyl (C=O) groups excluding carboxylic acids is 2. The molecule has 24 heavy (non-hydrogen) atoms. The van der Waals surface area contributed by atoms with Crippen LogP contribution in [0.15, 0.2) is 43.0 Å². The lowest BCUT2D eigenvalue weighted by Crippen LogP contribution is -2.31. The van der Waals surface area contributed by atoms with Gasteiger partial charge in [0.1, 0.15) is 6.54 Å². The maximum atomic E-state index is 12.3. The van der Waals surface area contributed by atoms with Gasteiger partial charge in [-0.2, -0.15) is 0 Å². The smallest absolute Gasteiger partial charge is 0.337 e. The topological polar surface area (TPSA) is 64.4 Å². The van der Waals surface area contributed by atoms with Gasteiger partial charge < -0.3 is 14.2 Å². The number of aromatic nitrogens is 2. The SMILES string of the molecule is COC(=O)c1ccc(CC2CCN(C(=O)Cn3ccnc3)C2)cc1. The summed E-state index contributed by atoms with van der Waals surface area (Å²) in [7, 11) is 1.38. The average molecular weight is 327 g/mol. The summed E-state index contributed by atoms with van der Waals surface area (Å²) in [6, 6.07) is 7.50. The van der Waals surface area contributed by atoms with E-state index < -0.39 is 0 Å². The Balaban J connectivity index is 1.52. The Morgan fingerprint density at radius 3 is 2.75 bits per heavy atom. The molecule has 1 aliphatic heterocycles. The van der Waals surface area contributed by atoms with Gasteiger partial charge in [0.15, 0.2) is 0 Å². The zero-order valence-corrected chi connectivity index (χ0v) is 13.7. The highest BCUT2D eigenvalue weighted by Gasteiger charge is 2.26. The molecule has 126 valence electrons. The highest BCUT2D eigenvalue weighted by molar-refractivity contribution is 5.89. The maximum Gasteiger partial charge on any atom is 0.337 e. The Bertz CT molecular complexity index is 695. The fourth-order valence-corrected chi connectivity index (χ4v) is 3.09. The summed E-state index contributed by atoms with van der Waals surface area (Å²) in [5.41, 5.74) is 1.74. The zero-order chi connectivity index (χ0) is 16.9. The molecule has 0 N–H and O–H groups in total. The van der Waals surface area contributed by atoms with E-state index >= 15 is 0 Å². The zero-order valence-electron chi connectivity index (χ0n) is 13.7. The fourth-order valence-electron chi connectivity index (χ4n) is 3.09. The number of rotatable bonds is 5. The molecule has 1 atom stereocenters. The summed E-state index contributed by atoms with van der Waals surface area (Å²) >= 11 is 0. The lowest BCUT2D eigenvalue weighted by molar-refractivity contribution is -0.130. The first kappa shape index (κ1) is 16.2. The molecule has 2 aromatic rings. The molecular formula is C18H21N3O3. The van der Waals surface area contributed by atoms with Crippen LogP contribution < -0.4 is 0 Å². The Morgan fingerprint density at radius 2 is 2.08 bits per heavy atom. The number of ether oxygens (including phenoxy) is 1. The van der Waals surface area contributed by atoms with Crippen LogP contribution in [0.1, 0.15) is 22.3 Å².